The minimum atomic E-state index is -4.19. The lowest BCUT2D eigenvalue weighted by Gasteiger charge is -2.26. The Morgan fingerprint density at radius 2 is 1.95 bits per heavy atom. The molecule has 0 radical (unpaired) electrons. The molecule has 0 amide bonds. The number of nitrogen functional groups attached to an aromatic ring is 1. The lowest BCUT2D eigenvalue weighted by Crippen LogP contribution is -2.37. The molecule has 0 saturated heterocycles. The molecule has 1 aliphatic carbocycles. The monoisotopic (exact) mass is 550 g/mol. The Hall–Kier alpha value is -3.12. The zero-order valence-electron chi connectivity index (χ0n) is 21.5. The lowest BCUT2D eigenvalue weighted by molar-refractivity contribution is -0.149. The highest BCUT2D eigenvalue weighted by atomic mass is 31.2. The molecule has 12 nitrogen and oxygen atoms in total. The van der Waals surface area contributed by atoms with Crippen LogP contribution in [0.15, 0.2) is 43.0 Å². The molecular weight excluding hydrogens is 518 g/mol. The first-order valence-corrected chi connectivity index (χ1v) is 13.8. The second-order valence-corrected chi connectivity index (χ2v) is 11.3. The highest BCUT2D eigenvalue weighted by molar-refractivity contribution is 7.52. The van der Waals surface area contributed by atoms with Gasteiger partial charge in [0.15, 0.2) is 11.5 Å². The van der Waals surface area contributed by atoms with Gasteiger partial charge >= 0.3 is 13.7 Å². The van der Waals surface area contributed by atoms with Gasteiger partial charge in [-0.05, 0) is 38.8 Å². The van der Waals surface area contributed by atoms with Crippen LogP contribution in [0.4, 0.5) is 10.2 Å². The van der Waals surface area contributed by atoms with Crippen molar-refractivity contribution in [2.45, 2.75) is 58.2 Å². The van der Waals surface area contributed by atoms with Crippen LogP contribution in [0.25, 0.3) is 11.2 Å². The molecule has 0 bridgehead atoms. The van der Waals surface area contributed by atoms with Crippen LogP contribution in [0.3, 0.4) is 0 Å². The summed E-state index contributed by atoms with van der Waals surface area (Å²) in [5, 5.41) is 13.4. The number of nitrogens with zero attached hydrogens (tertiary/aromatic N) is 4. The van der Waals surface area contributed by atoms with E-state index < -0.39 is 49.9 Å². The number of carbonyl (C=O) groups excluding carboxylic acids is 1. The number of imidazole rings is 1. The van der Waals surface area contributed by atoms with Crippen LogP contribution >= 0.6 is 7.75 Å². The Labute approximate surface area is 219 Å². The predicted molar refractivity (Wildman–Crippen MR) is 137 cm³/mol. The molecule has 0 spiro atoms. The summed E-state index contributed by atoms with van der Waals surface area (Å²) in [5.74, 6) is -1.53. The second-order valence-electron chi connectivity index (χ2n) is 9.57. The van der Waals surface area contributed by atoms with Crippen molar-refractivity contribution in [1.82, 2.24) is 24.6 Å². The van der Waals surface area contributed by atoms with Gasteiger partial charge < -0.3 is 24.7 Å². The number of aliphatic hydroxyl groups is 1. The number of nitrogens with one attached hydrogen (secondary N) is 1. The molecule has 1 saturated carbocycles. The number of hydrogen-bond acceptors (Lipinski definition) is 10. The Morgan fingerprint density at radius 1 is 1.24 bits per heavy atom. The number of carbonyl (C=O) groups is 1. The summed E-state index contributed by atoms with van der Waals surface area (Å²) in [6.45, 7) is 6.27. The number of alkyl halides is 1. The Kier molecular flexibility index (Phi) is 8.31. The van der Waals surface area contributed by atoms with Crippen LogP contribution in [0.2, 0.25) is 0 Å². The number of halogens is 1. The van der Waals surface area contributed by atoms with Gasteiger partial charge in [-0.2, -0.15) is 5.09 Å². The van der Waals surface area contributed by atoms with Crippen LogP contribution in [0.5, 0.6) is 5.75 Å². The summed E-state index contributed by atoms with van der Waals surface area (Å²) in [7, 11) is -4.19. The summed E-state index contributed by atoms with van der Waals surface area (Å²) < 4.78 is 47.3. The number of rotatable bonds is 10. The zero-order valence-corrected chi connectivity index (χ0v) is 22.4. The molecule has 206 valence electrons. The zero-order chi connectivity index (χ0) is 27.6. The first-order chi connectivity index (χ1) is 18.0. The van der Waals surface area contributed by atoms with E-state index in [1.807, 2.05) is 0 Å². The highest BCUT2D eigenvalue weighted by Crippen LogP contribution is 2.49. The smallest absolute Gasteiger partial charge is 0.459 e. The number of nitrogens with two attached hydrogens (primary N) is 1. The molecule has 3 aromatic rings. The number of esters is 1. The fourth-order valence-electron chi connectivity index (χ4n) is 4.56. The molecule has 0 aliphatic heterocycles. The molecule has 4 N–H and O–H groups in total. The first-order valence-electron chi connectivity index (χ1n) is 12.2. The van der Waals surface area contributed by atoms with Gasteiger partial charge in [-0.3, -0.25) is 9.32 Å². The topological polar surface area (TPSA) is 164 Å². The molecule has 2 aromatic heterocycles. The van der Waals surface area contributed by atoms with Crippen molar-refractivity contribution in [3.8, 4) is 5.75 Å². The first kappa shape index (κ1) is 27.9. The summed E-state index contributed by atoms with van der Waals surface area (Å²) in [6.07, 6.45) is -0.856. The SMILES string of the molecule is CC(C)OC(=O)[C@H](C)N[P@](=O)(OC[C@H]1C(C)[C@@H](n2cnc3c(N)ncnc32)[C@H](F)[C@@H]1O)Oc1ccccc1. The number of fused-ring (bicyclic) bond motifs is 1. The number of benzene rings is 1. The third kappa shape index (κ3) is 5.80. The van der Waals surface area contributed by atoms with Crippen molar-refractivity contribution >= 4 is 30.7 Å². The summed E-state index contributed by atoms with van der Waals surface area (Å²) >= 11 is 0. The fraction of sp³-hybridized carbons (Fsp3) is 0.500. The van der Waals surface area contributed by atoms with Gasteiger partial charge in [-0.15, -0.1) is 0 Å². The number of anilines is 1. The Balaban J connectivity index is 1.54. The van der Waals surface area contributed by atoms with E-state index in [0.29, 0.717) is 11.2 Å². The van der Waals surface area contributed by atoms with E-state index in [1.54, 1.807) is 51.1 Å². The Bertz CT molecular complexity index is 1310. The van der Waals surface area contributed by atoms with E-state index in [9.17, 15) is 14.5 Å². The average molecular weight is 551 g/mol. The van der Waals surface area contributed by atoms with Gasteiger partial charge in [-0.25, -0.2) is 23.9 Å². The second kappa shape index (κ2) is 11.3. The number of aliphatic hydroxyl groups excluding tert-OH is 1. The minimum absolute atomic E-state index is 0.158. The van der Waals surface area contributed by atoms with Crippen molar-refractivity contribution < 1.29 is 32.6 Å². The van der Waals surface area contributed by atoms with E-state index in [-0.39, 0.29) is 24.3 Å². The van der Waals surface area contributed by atoms with Gasteiger partial charge in [0.1, 0.15) is 29.8 Å². The lowest BCUT2D eigenvalue weighted by atomic mass is 9.95. The minimum Gasteiger partial charge on any atom is -0.462 e. The van der Waals surface area contributed by atoms with Crippen LogP contribution in [0, 0.1) is 11.8 Å². The molecule has 1 aromatic carbocycles. The van der Waals surface area contributed by atoms with E-state index in [0.717, 1.165) is 0 Å². The maximum Gasteiger partial charge on any atom is 0.459 e. The van der Waals surface area contributed by atoms with Crippen LogP contribution < -0.4 is 15.3 Å². The molecule has 1 unspecified atom stereocenters. The van der Waals surface area contributed by atoms with Gasteiger partial charge in [-0.1, -0.05) is 25.1 Å². The summed E-state index contributed by atoms with van der Waals surface area (Å²) in [6, 6.07) is 6.39. The normalized spacial score (nSPS) is 25.8. The van der Waals surface area contributed by atoms with Crippen molar-refractivity contribution in [3.63, 3.8) is 0 Å². The average Bonchev–Trinajstić information content (AvgIpc) is 3.37. The van der Waals surface area contributed by atoms with Crippen LogP contribution in [-0.4, -0.2) is 61.6 Å². The van der Waals surface area contributed by atoms with E-state index >= 15 is 4.39 Å². The number of aromatic nitrogens is 4. The van der Waals surface area contributed by atoms with E-state index in [1.165, 1.54) is 24.1 Å². The maximum absolute atomic E-state index is 15.5. The third-order valence-corrected chi connectivity index (χ3v) is 8.12. The van der Waals surface area contributed by atoms with Crippen LogP contribution in [-0.2, 0) is 18.6 Å². The molecule has 14 heteroatoms. The standard InChI is InChI=1S/C24H32FN6O6P/c1-13(2)36-24(33)15(4)30-38(34,37-16-8-6-5-7-9-16)35-10-17-14(3)20(18(25)21(17)32)31-12-29-19-22(26)27-11-28-23(19)31/h5-9,11-15,17-18,20-21,32H,10H2,1-4H3,(H,30,34)(H2,26,27,28)/t14?,15-,17-,18-,20+,21+,38-/m0/s1. The third-order valence-electron chi connectivity index (χ3n) is 6.48. The van der Waals surface area contributed by atoms with Crippen molar-refractivity contribution in [2.24, 2.45) is 11.8 Å². The number of ether oxygens (including phenoxy) is 1. The van der Waals surface area contributed by atoms with Crippen molar-refractivity contribution in [3.05, 3.63) is 43.0 Å². The Morgan fingerprint density at radius 3 is 2.63 bits per heavy atom. The van der Waals surface area contributed by atoms with Gasteiger partial charge in [0.25, 0.3) is 0 Å². The van der Waals surface area contributed by atoms with E-state index in [4.69, 9.17) is 19.5 Å². The molecule has 2 heterocycles. The van der Waals surface area contributed by atoms with Crippen molar-refractivity contribution in [2.75, 3.05) is 12.3 Å². The summed E-state index contributed by atoms with van der Waals surface area (Å²) in [5.41, 5.74) is 6.53. The highest BCUT2D eigenvalue weighted by Gasteiger charge is 2.51. The summed E-state index contributed by atoms with van der Waals surface area (Å²) in [4.78, 5) is 24.6. The van der Waals surface area contributed by atoms with Gasteiger partial charge in [0.2, 0.25) is 0 Å². The molecule has 38 heavy (non-hydrogen) atoms. The maximum atomic E-state index is 15.5. The molecular formula is C24H32FN6O6P. The molecule has 1 fully saturated rings. The fourth-order valence-corrected chi connectivity index (χ4v) is 6.08. The largest absolute Gasteiger partial charge is 0.462 e. The number of hydrogen-bond donors (Lipinski definition) is 3. The van der Waals surface area contributed by atoms with Gasteiger partial charge in [0.05, 0.1) is 31.2 Å². The van der Waals surface area contributed by atoms with Crippen LogP contribution in [0.1, 0.15) is 33.7 Å². The number of para-hydroxylation sites is 1. The quantitative estimate of drug-likeness (QED) is 0.251. The molecule has 7 atom stereocenters. The predicted octanol–water partition coefficient (Wildman–Crippen LogP) is 3.05. The van der Waals surface area contributed by atoms with Gasteiger partial charge in [0, 0.05) is 5.92 Å². The van der Waals surface area contributed by atoms with Crippen molar-refractivity contribution in [1.29, 1.82) is 0 Å². The van der Waals surface area contributed by atoms with E-state index in [2.05, 4.69) is 20.0 Å². The molecule has 1 aliphatic rings. The molecule has 4 rings (SSSR count).